The number of imidazole rings is 1. The molecule has 2 fully saturated rings. The highest BCUT2D eigenvalue weighted by molar-refractivity contribution is 7.59. The van der Waals surface area contributed by atoms with E-state index in [1.54, 1.807) is 0 Å². The number of hydrogen-bond acceptors (Lipinski definition) is 19. The molecule has 0 saturated carbocycles. The molecule has 0 amide bonds. The van der Waals surface area contributed by atoms with Crippen molar-refractivity contribution in [3.63, 3.8) is 0 Å². The van der Waals surface area contributed by atoms with Crippen LogP contribution in [0, 0.1) is 0 Å². The minimum atomic E-state index is -5.88. The largest absolute Gasteiger partial charge is 0.756 e. The van der Waals surface area contributed by atoms with Crippen LogP contribution in [0.1, 0.15) is 6.23 Å². The lowest BCUT2D eigenvalue weighted by Gasteiger charge is -2.41. The van der Waals surface area contributed by atoms with Crippen molar-refractivity contribution in [1.29, 1.82) is 0 Å². The van der Waals surface area contributed by atoms with E-state index in [0.29, 0.717) is 0 Å². The van der Waals surface area contributed by atoms with E-state index in [1.807, 2.05) is 0 Å². The number of aliphatic hydroxyl groups excluding tert-OH is 6. The maximum Gasteiger partial charge on any atom is 0.276 e. The maximum atomic E-state index is 12.1. The normalized spacial score (nSPS) is 37.2. The maximum absolute atomic E-state index is 12.1. The lowest BCUT2D eigenvalue weighted by molar-refractivity contribution is -0.305. The Bertz CT molecular complexity index is 1230. The standard InChI is InChI=1S/C16H25N5O15P2/c17-13-7-14(19-3-18-13)21(4-20-7)15-11(26)9(24)6(33-15)2-32-37(28,29)36-38(30,31)35-16-12(27)10(25)8(23)5(1-22)34-16/h3-6,8-12,15-16,22-27H,1-2H2,(H,28,29)(H,30,31)(H2,17,18,19)/p-2/t5-,6-,8-,9-,10+,11-,12-,15-,16-/m1/s1. The second-order valence-corrected chi connectivity index (χ2v) is 11.1. The molecule has 2 aromatic heterocycles. The number of rotatable bonds is 9. The topological polar surface area (TPSA) is 317 Å². The molecule has 0 spiro atoms. The fraction of sp³-hybridized carbons (Fsp3) is 0.688. The van der Waals surface area contributed by atoms with Crippen LogP contribution >= 0.6 is 15.6 Å². The molecule has 0 aliphatic carbocycles. The molecule has 8 N–H and O–H groups in total. The number of fused-ring (bicyclic) bond motifs is 1. The highest BCUT2D eigenvalue weighted by atomic mass is 31.3. The minimum Gasteiger partial charge on any atom is -0.756 e. The summed E-state index contributed by atoms with van der Waals surface area (Å²) in [7, 11) is -11.6. The summed E-state index contributed by atoms with van der Waals surface area (Å²) < 4.78 is 48.4. The molecule has 11 atom stereocenters. The number of phosphoric ester groups is 2. The third kappa shape index (κ3) is 5.89. The van der Waals surface area contributed by atoms with Crippen molar-refractivity contribution < 1.29 is 72.4 Å². The zero-order valence-electron chi connectivity index (χ0n) is 18.9. The number of ether oxygens (including phenoxy) is 2. The zero-order valence-corrected chi connectivity index (χ0v) is 20.7. The number of hydrogen-bond donors (Lipinski definition) is 7. The highest BCUT2D eigenvalue weighted by Gasteiger charge is 2.47. The lowest BCUT2D eigenvalue weighted by atomic mass is 10.00. The minimum absolute atomic E-state index is 0.0269. The van der Waals surface area contributed by atoms with Crippen LogP contribution in [-0.4, -0.2) is 112 Å². The first kappa shape index (κ1) is 29.3. The Balaban J connectivity index is 1.38. The fourth-order valence-corrected chi connectivity index (χ4v) is 5.85. The Morgan fingerprint density at radius 1 is 0.947 bits per heavy atom. The van der Waals surface area contributed by atoms with Gasteiger partial charge in [-0.15, -0.1) is 0 Å². The van der Waals surface area contributed by atoms with Crippen molar-refractivity contribution in [3.8, 4) is 0 Å². The highest BCUT2D eigenvalue weighted by Crippen LogP contribution is 2.57. The Labute approximate surface area is 212 Å². The first-order valence-corrected chi connectivity index (χ1v) is 13.6. The third-order valence-corrected chi connectivity index (χ3v) is 8.21. The van der Waals surface area contributed by atoms with Crippen LogP contribution in [0.25, 0.3) is 11.2 Å². The summed E-state index contributed by atoms with van der Waals surface area (Å²) in [6.07, 6.45) is -13.7. The molecule has 214 valence electrons. The van der Waals surface area contributed by atoms with Gasteiger partial charge in [-0.3, -0.25) is 18.2 Å². The van der Waals surface area contributed by atoms with Crippen LogP contribution in [0.5, 0.6) is 0 Å². The molecule has 20 nitrogen and oxygen atoms in total. The summed E-state index contributed by atoms with van der Waals surface area (Å²) in [5.74, 6) is 0.0269. The van der Waals surface area contributed by atoms with Crippen molar-refractivity contribution in [3.05, 3.63) is 12.7 Å². The van der Waals surface area contributed by atoms with Crippen molar-refractivity contribution in [2.24, 2.45) is 0 Å². The van der Waals surface area contributed by atoms with Crippen LogP contribution in [0.3, 0.4) is 0 Å². The summed E-state index contributed by atoms with van der Waals surface area (Å²) in [6.45, 7) is -1.94. The number of nitrogen functional groups attached to an aromatic ring is 1. The van der Waals surface area contributed by atoms with Crippen molar-refractivity contribution in [1.82, 2.24) is 19.5 Å². The molecule has 22 heteroatoms. The number of nitrogens with two attached hydrogens (primary N) is 1. The van der Waals surface area contributed by atoms with Crippen LogP contribution < -0.4 is 15.5 Å². The van der Waals surface area contributed by atoms with Gasteiger partial charge in [0, 0.05) is 0 Å². The van der Waals surface area contributed by atoms with E-state index in [2.05, 4.69) is 28.3 Å². The van der Waals surface area contributed by atoms with Crippen LogP contribution in [0.4, 0.5) is 5.82 Å². The molecule has 2 unspecified atom stereocenters. The van der Waals surface area contributed by atoms with Gasteiger partial charge in [-0.25, -0.2) is 19.3 Å². The van der Waals surface area contributed by atoms with Gasteiger partial charge in [0.1, 0.15) is 54.6 Å². The van der Waals surface area contributed by atoms with E-state index in [-0.39, 0.29) is 17.0 Å². The van der Waals surface area contributed by atoms with Gasteiger partial charge >= 0.3 is 0 Å². The summed E-state index contributed by atoms with van der Waals surface area (Å²) in [5, 5.41) is 59.1. The second-order valence-electron chi connectivity index (χ2n) is 8.20. The molecule has 2 saturated heterocycles. The molecule has 0 bridgehead atoms. The van der Waals surface area contributed by atoms with E-state index in [0.717, 1.165) is 6.33 Å². The third-order valence-electron chi connectivity index (χ3n) is 5.68. The van der Waals surface area contributed by atoms with Crippen molar-refractivity contribution in [2.45, 2.75) is 55.2 Å². The predicted octanol–water partition coefficient (Wildman–Crippen LogP) is -5.19. The van der Waals surface area contributed by atoms with E-state index in [4.69, 9.17) is 20.3 Å². The molecule has 2 aliphatic rings. The van der Waals surface area contributed by atoms with Crippen molar-refractivity contribution in [2.75, 3.05) is 18.9 Å². The average Bonchev–Trinajstić information content (AvgIpc) is 3.39. The summed E-state index contributed by atoms with van der Waals surface area (Å²) in [6, 6.07) is 0. The van der Waals surface area contributed by atoms with Gasteiger partial charge < -0.3 is 60.2 Å². The van der Waals surface area contributed by atoms with E-state index >= 15 is 0 Å². The summed E-state index contributed by atoms with van der Waals surface area (Å²) >= 11 is 0. The Morgan fingerprint density at radius 3 is 2.32 bits per heavy atom. The average molecular weight is 587 g/mol. The van der Waals surface area contributed by atoms with Gasteiger partial charge in [0.25, 0.3) is 15.6 Å². The lowest BCUT2D eigenvalue weighted by Crippen LogP contribution is -2.59. The van der Waals surface area contributed by atoms with E-state index in [1.165, 1.54) is 10.9 Å². The van der Waals surface area contributed by atoms with Crippen LogP contribution in [0.2, 0.25) is 0 Å². The van der Waals surface area contributed by atoms with Crippen LogP contribution in [-0.2, 0) is 32.0 Å². The summed E-state index contributed by atoms with van der Waals surface area (Å²) in [5.41, 5.74) is 6.00. The Hall–Kier alpha value is -1.71. The SMILES string of the molecule is Nc1ncnc2c1ncn2[C@@H]1O[C@H](COP(=O)([O-])OP(=O)([O-])O[C@H]2O[C@H](CO)[C@@H](O)[C@H](O)[C@H]2O)[C@@H](O)[C@H]1O. The van der Waals surface area contributed by atoms with Crippen LogP contribution in [0.15, 0.2) is 12.7 Å². The molecule has 4 heterocycles. The van der Waals surface area contributed by atoms with Gasteiger partial charge in [-0.2, -0.15) is 0 Å². The van der Waals surface area contributed by atoms with Gasteiger partial charge in [0.15, 0.2) is 24.0 Å². The number of nitrogens with zero attached hydrogens (tertiary/aromatic N) is 4. The molecular weight excluding hydrogens is 564 g/mol. The quantitative estimate of drug-likeness (QED) is 0.135. The second kappa shape index (κ2) is 11.0. The van der Waals surface area contributed by atoms with Gasteiger partial charge in [-0.1, -0.05) is 0 Å². The van der Waals surface area contributed by atoms with E-state index in [9.17, 15) is 44.4 Å². The number of aliphatic hydroxyl groups is 6. The Morgan fingerprint density at radius 2 is 1.63 bits per heavy atom. The number of phosphoric acid groups is 2. The van der Waals surface area contributed by atoms with Gasteiger partial charge in [0.2, 0.25) is 0 Å². The first-order chi connectivity index (χ1) is 17.7. The first-order valence-electron chi connectivity index (χ1n) is 10.7. The van der Waals surface area contributed by atoms with E-state index < -0.39 is 84.1 Å². The molecular formula is C16H23N5O15P2-2. The molecule has 0 aromatic carbocycles. The van der Waals surface area contributed by atoms with Crippen molar-refractivity contribution >= 4 is 32.6 Å². The molecule has 0 radical (unpaired) electrons. The molecule has 38 heavy (non-hydrogen) atoms. The molecule has 4 rings (SSSR count). The molecule has 2 aromatic rings. The molecule has 2 aliphatic heterocycles. The van der Waals surface area contributed by atoms with Gasteiger partial charge in [-0.05, 0) is 0 Å². The summed E-state index contributed by atoms with van der Waals surface area (Å²) in [4.78, 5) is 35.9. The predicted molar refractivity (Wildman–Crippen MR) is 113 cm³/mol. The smallest absolute Gasteiger partial charge is 0.276 e. The number of anilines is 1. The monoisotopic (exact) mass is 587 g/mol. The Kier molecular flexibility index (Phi) is 8.51. The zero-order chi connectivity index (χ0) is 28.0. The number of aromatic nitrogens is 4. The van der Waals surface area contributed by atoms with Gasteiger partial charge in [0.05, 0.1) is 19.5 Å². The fourth-order valence-electron chi connectivity index (χ4n) is 3.76.